The highest BCUT2D eigenvalue weighted by Gasteiger charge is 2.39. The topological polar surface area (TPSA) is 64.7 Å². The van der Waals surface area contributed by atoms with Crippen molar-refractivity contribution in [3.05, 3.63) is 29.8 Å². The van der Waals surface area contributed by atoms with E-state index < -0.39 is 5.60 Å². The van der Waals surface area contributed by atoms with Crippen LogP contribution in [0.3, 0.4) is 0 Å². The molecule has 0 heterocycles. The van der Waals surface area contributed by atoms with Gasteiger partial charge in [0, 0.05) is 18.7 Å². The Morgan fingerprint density at radius 2 is 2.17 bits per heavy atom. The molecule has 4 heteroatoms. The van der Waals surface area contributed by atoms with E-state index in [4.69, 9.17) is 15.2 Å². The minimum Gasteiger partial charge on any atom is -0.491 e. The van der Waals surface area contributed by atoms with Gasteiger partial charge in [-0.05, 0) is 25.3 Å². The van der Waals surface area contributed by atoms with E-state index in [1.807, 2.05) is 24.3 Å². The van der Waals surface area contributed by atoms with Gasteiger partial charge < -0.3 is 20.3 Å². The van der Waals surface area contributed by atoms with Crippen LogP contribution in [0.5, 0.6) is 5.75 Å². The van der Waals surface area contributed by atoms with Crippen molar-refractivity contribution in [2.45, 2.75) is 30.9 Å². The molecule has 2 unspecified atom stereocenters. The van der Waals surface area contributed by atoms with Crippen LogP contribution in [-0.2, 0) is 10.3 Å². The standard InChI is InChI=1S/C14H21NO3/c1-17-8-9-18-13-5-3-2-4-12(13)14(16)7-6-11(15)10-14/h2-5,11,16H,6-10,15H2,1H3. The first kappa shape index (κ1) is 13.3. The Morgan fingerprint density at radius 3 is 2.83 bits per heavy atom. The predicted octanol–water partition coefficient (Wildman–Crippen LogP) is 1.41. The molecule has 1 saturated carbocycles. The van der Waals surface area contributed by atoms with E-state index in [0.29, 0.717) is 26.1 Å². The molecule has 0 radical (unpaired) electrons. The van der Waals surface area contributed by atoms with Crippen LogP contribution >= 0.6 is 0 Å². The van der Waals surface area contributed by atoms with Gasteiger partial charge in [0.2, 0.25) is 0 Å². The highest BCUT2D eigenvalue weighted by atomic mass is 16.5. The van der Waals surface area contributed by atoms with E-state index in [0.717, 1.165) is 17.7 Å². The van der Waals surface area contributed by atoms with Gasteiger partial charge in [-0.1, -0.05) is 18.2 Å². The van der Waals surface area contributed by atoms with Gasteiger partial charge in [0.25, 0.3) is 0 Å². The molecule has 0 bridgehead atoms. The molecule has 18 heavy (non-hydrogen) atoms. The third-order valence-corrected chi connectivity index (χ3v) is 3.46. The number of rotatable bonds is 5. The van der Waals surface area contributed by atoms with Crippen LogP contribution in [0, 0.1) is 0 Å². The first-order chi connectivity index (χ1) is 8.65. The number of para-hydroxylation sites is 1. The van der Waals surface area contributed by atoms with Crippen molar-refractivity contribution in [1.29, 1.82) is 0 Å². The number of hydrogen-bond acceptors (Lipinski definition) is 4. The van der Waals surface area contributed by atoms with Crippen molar-refractivity contribution in [2.24, 2.45) is 5.73 Å². The van der Waals surface area contributed by atoms with E-state index in [-0.39, 0.29) is 6.04 Å². The Bertz CT molecular complexity index is 396. The smallest absolute Gasteiger partial charge is 0.125 e. The summed E-state index contributed by atoms with van der Waals surface area (Å²) in [6.45, 7) is 1.02. The normalized spacial score (nSPS) is 27.4. The lowest BCUT2D eigenvalue weighted by Gasteiger charge is -2.25. The minimum absolute atomic E-state index is 0.0713. The second kappa shape index (κ2) is 5.69. The molecule has 1 fully saturated rings. The van der Waals surface area contributed by atoms with Crippen molar-refractivity contribution in [2.75, 3.05) is 20.3 Å². The zero-order chi connectivity index (χ0) is 13.0. The fourth-order valence-corrected chi connectivity index (χ4v) is 2.52. The molecule has 1 aliphatic carbocycles. The van der Waals surface area contributed by atoms with Gasteiger partial charge in [0.15, 0.2) is 0 Å². The van der Waals surface area contributed by atoms with Gasteiger partial charge in [0.05, 0.1) is 12.2 Å². The lowest BCUT2D eigenvalue weighted by Crippen LogP contribution is -2.26. The van der Waals surface area contributed by atoms with Crippen LogP contribution in [0.15, 0.2) is 24.3 Å². The maximum absolute atomic E-state index is 10.7. The average Bonchev–Trinajstić information content (AvgIpc) is 2.71. The van der Waals surface area contributed by atoms with E-state index in [9.17, 15) is 5.11 Å². The van der Waals surface area contributed by atoms with Crippen molar-refractivity contribution in [1.82, 2.24) is 0 Å². The summed E-state index contributed by atoms with van der Waals surface area (Å²) < 4.78 is 10.6. The second-order valence-corrected chi connectivity index (χ2v) is 4.87. The van der Waals surface area contributed by atoms with Crippen LogP contribution in [0.2, 0.25) is 0 Å². The number of nitrogens with two attached hydrogens (primary N) is 1. The summed E-state index contributed by atoms with van der Waals surface area (Å²) in [6, 6.07) is 7.69. The van der Waals surface area contributed by atoms with Crippen molar-refractivity contribution >= 4 is 0 Å². The molecule has 1 aromatic rings. The molecular formula is C14H21NO3. The van der Waals surface area contributed by atoms with Crippen molar-refractivity contribution < 1.29 is 14.6 Å². The Labute approximate surface area is 108 Å². The SMILES string of the molecule is COCCOc1ccccc1C1(O)CCC(N)C1. The fourth-order valence-electron chi connectivity index (χ4n) is 2.52. The molecule has 0 saturated heterocycles. The molecule has 100 valence electrons. The Kier molecular flexibility index (Phi) is 4.22. The lowest BCUT2D eigenvalue weighted by molar-refractivity contribution is 0.0389. The number of hydrogen-bond donors (Lipinski definition) is 2. The molecule has 1 aliphatic rings. The molecule has 3 N–H and O–H groups in total. The minimum atomic E-state index is -0.844. The van der Waals surface area contributed by atoms with Gasteiger partial charge in [-0.25, -0.2) is 0 Å². The molecule has 1 aromatic carbocycles. The summed E-state index contributed by atoms with van der Waals surface area (Å²) in [7, 11) is 1.64. The molecule has 2 rings (SSSR count). The molecule has 0 spiro atoms. The molecule has 0 amide bonds. The van der Waals surface area contributed by atoms with Crippen LogP contribution in [0.4, 0.5) is 0 Å². The van der Waals surface area contributed by atoms with E-state index in [2.05, 4.69) is 0 Å². The highest BCUT2D eigenvalue weighted by molar-refractivity contribution is 5.38. The van der Waals surface area contributed by atoms with Gasteiger partial charge in [0.1, 0.15) is 12.4 Å². The first-order valence-electron chi connectivity index (χ1n) is 6.35. The first-order valence-corrected chi connectivity index (χ1v) is 6.35. The Balaban J connectivity index is 2.16. The van der Waals surface area contributed by atoms with Crippen LogP contribution in [0.25, 0.3) is 0 Å². The number of ether oxygens (including phenoxy) is 2. The Hall–Kier alpha value is -1.10. The number of aliphatic hydroxyl groups is 1. The summed E-state index contributed by atoms with van der Waals surface area (Å²) in [4.78, 5) is 0. The summed E-state index contributed by atoms with van der Waals surface area (Å²) >= 11 is 0. The number of benzene rings is 1. The van der Waals surface area contributed by atoms with Gasteiger partial charge in [-0.2, -0.15) is 0 Å². The van der Waals surface area contributed by atoms with Gasteiger partial charge >= 0.3 is 0 Å². The van der Waals surface area contributed by atoms with Crippen molar-refractivity contribution in [3.63, 3.8) is 0 Å². The van der Waals surface area contributed by atoms with E-state index >= 15 is 0 Å². The molecule has 0 aliphatic heterocycles. The number of methoxy groups -OCH3 is 1. The maximum atomic E-state index is 10.7. The maximum Gasteiger partial charge on any atom is 0.125 e. The summed E-state index contributed by atoms with van der Waals surface area (Å²) in [5, 5.41) is 10.7. The van der Waals surface area contributed by atoms with E-state index in [1.54, 1.807) is 7.11 Å². The zero-order valence-corrected chi connectivity index (χ0v) is 10.8. The monoisotopic (exact) mass is 251 g/mol. The summed E-state index contributed by atoms with van der Waals surface area (Å²) in [6.07, 6.45) is 2.14. The molecule has 2 atom stereocenters. The van der Waals surface area contributed by atoms with Crippen LogP contribution < -0.4 is 10.5 Å². The quantitative estimate of drug-likeness (QED) is 0.777. The van der Waals surface area contributed by atoms with E-state index in [1.165, 1.54) is 0 Å². The summed E-state index contributed by atoms with van der Waals surface area (Å²) in [5.74, 6) is 0.728. The second-order valence-electron chi connectivity index (χ2n) is 4.87. The fraction of sp³-hybridized carbons (Fsp3) is 0.571. The lowest BCUT2D eigenvalue weighted by atomic mass is 9.91. The summed E-state index contributed by atoms with van der Waals surface area (Å²) in [5.41, 5.74) is 5.90. The zero-order valence-electron chi connectivity index (χ0n) is 10.8. The third kappa shape index (κ3) is 2.83. The van der Waals surface area contributed by atoms with Crippen LogP contribution in [-0.4, -0.2) is 31.5 Å². The van der Waals surface area contributed by atoms with Gasteiger partial charge in [-0.15, -0.1) is 0 Å². The third-order valence-electron chi connectivity index (χ3n) is 3.46. The predicted molar refractivity (Wildman–Crippen MR) is 69.5 cm³/mol. The highest BCUT2D eigenvalue weighted by Crippen LogP contribution is 2.41. The van der Waals surface area contributed by atoms with Gasteiger partial charge in [-0.3, -0.25) is 0 Å². The molecule has 0 aromatic heterocycles. The molecular weight excluding hydrogens is 230 g/mol. The molecule has 4 nitrogen and oxygen atoms in total. The average molecular weight is 251 g/mol. The van der Waals surface area contributed by atoms with Crippen LogP contribution in [0.1, 0.15) is 24.8 Å². The Morgan fingerprint density at radius 1 is 1.39 bits per heavy atom. The largest absolute Gasteiger partial charge is 0.491 e. The van der Waals surface area contributed by atoms with Crippen molar-refractivity contribution in [3.8, 4) is 5.75 Å².